The Morgan fingerprint density at radius 1 is 0.929 bits per heavy atom. The maximum atomic E-state index is 7.73. The molecule has 0 saturated carbocycles. The number of oxime groups is 2. The molecular formula is C19H27Cl3N4O2. The van der Waals surface area contributed by atoms with Gasteiger partial charge in [-0.25, -0.2) is 9.97 Å². The van der Waals surface area contributed by atoms with E-state index in [2.05, 4.69) is 20.3 Å². The van der Waals surface area contributed by atoms with Crippen molar-refractivity contribution in [1.82, 2.24) is 9.97 Å². The first-order valence-electron chi connectivity index (χ1n) is 7.83. The van der Waals surface area contributed by atoms with E-state index in [0.717, 1.165) is 16.8 Å². The molecule has 0 aliphatic heterocycles. The molecule has 28 heavy (non-hydrogen) atoms. The number of aromatic nitrogens is 2. The Balaban J connectivity index is 0. The number of hydrogen-bond donors (Lipinski definition) is 1. The Kier molecular flexibility index (Phi) is 17.4. The molecule has 1 N–H and O–H groups in total. The topological polar surface area (TPSA) is 80.0 Å². The molecule has 0 amide bonds. The van der Waals surface area contributed by atoms with E-state index in [1.165, 1.54) is 0 Å². The van der Waals surface area contributed by atoms with E-state index < -0.39 is 0 Å². The van der Waals surface area contributed by atoms with Crippen molar-refractivity contribution in [2.24, 2.45) is 10.3 Å². The summed E-state index contributed by atoms with van der Waals surface area (Å²) in [5.41, 5.74) is 3.52. The number of rotatable bonds is 4. The lowest BCUT2D eigenvalue weighted by atomic mass is 10.3. The van der Waals surface area contributed by atoms with E-state index in [0.29, 0.717) is 28.5 Å². The molecule has 0 bridgehead atoms. The quantitative estimate of drug-likeness (QED) is 0.187. The summed E-state index contributed by atoms with van der Waals surface area (Å²) in [6, 6.07) is 7.15. The van der Waals surface area contributed by atoms with Crippen molar-refractivity contribution in [2.75, 3.05) is 0 Å². The molecule has 0 aliphatic carbocycles. The SMILES string of the molecule is C.CC(C)=NO.CC(C)=NOCc1ccc(Cl)nc1.ClCc1ccc(Cl)nc1. The zero-order chi connectivity index (χ0) is 20.7. The van der Waals surface area contributed by atoms with Crippen LogP contribution in [0, 0.1) is 0 Å². The molecule has 0 saturated heterocycles. The molecule has 156 valence electrons. The van der Waals surface area contributed by atoms with Gasteiger partial charge in [-0.3, -0.25) is 0 Å². The summed E-state index contributed by atoms with van der Waals surface area (Å²) >= 11 is 16.6. The second-order valence-electron chi connectivity index (χ2n) is 5.47. The highest BCUT2D eigenvalue weighted by Crippen LogP contribution is 2.07. The summed E-state index contributed by atoms with van der Waals surface area (Å²) in [5, 5.41) is 15.3. The lowest BCUT2D eigenvalue weighted by molar-refractivity contribution is 0.130. The summed E-state index contributed by atoms with van der Waals surface area (Å²) in [5.74, 6) is 0.490. The monoisotopic (exact) mass is 448 g/mol. The van der Waals surface area contributed by atoms with E-state index in [9.17, 15) is 0 Å². The number of pyridine rings is 2. The Morgan fingerprint density at radius 2 is 1.39 bits per heavy atom. The van der Waals surface area contributed by atoms with Gasteiger partial charge in [-0.15, -0.1) is 11.6 Å². The van der Waals surface area contributed by atoms with Gasteiger partial charge in [0.15, 0.2) is 0 Å². The highest BCUT2D eigenvalue weighted by Gasteiger charge is 1.93. The maximum Gasteiger partial charge on any atom is 0.143 e. The molecule has 2 rings (SSSR count). The molecule has 0 fully saturated rings. The number of halogens is 3. The fourth-order valence-electron chi connectivity index (χ4n) is 1.21. The van der Waals surface area contributed by atoms with Gasteiger partial charge in [0.05, 0.1) is 11.4 Å². The van der Waals surface area contributed by atoms with Gasteiger partial charge in [0, 0.05) is 23.8 Å². The van der Waals surface area contributed by atoms with Crippen LogP contribution in [0.4, 0.5) is 0 Å². The summed E-state index contributed by atoms with van der Waals surface area (Å²) in [6.45, 7) is 7.62. The first-order chi connectivity index (χ1) is 12.8. The van der Waals surface area contributed by atoms with Gasteiger partial charge in [0.25, 0.3) is 0 Å². The van der Waals surface area contributed by atoms with Gasteiger partial charge in [0.2, 0.25) is 0 Å². The largest absolute Gasteiger partial charge is 0.411 e. The molecule has 2 heterocycles. The summed E-state index contributed by atoms with van der Waals surface area (Å²) < 4.78 is 0. The van der Waals surface area contributed by atoms with Gasteiger partial charge in [0.1, 0.15) is 16.9 Å². The Bertz CT molecular complexity index is 698. The Labute approximate surface area is 182 Å². The third-order valence-corrected chi connectivity index (χ3v) is 3.17. The molecular weight excluding hydrogens is 423 g/mol. The van der Waals surface area contributed by atoms with Crippen molar-refractivity contribution in [3.8, 4) is 0 Å². The zero-order valence-electron chi connectivity index (χ0n) is 15.7. The minimum Gasteiger partial charge on any atom is -0.411 e. The van der Waals surface area contributed by atoms with Crippen LogP contribution in [0.25, 0.3) is 0 Å². The molecule has 2 aromatic rings. The minimum atomic E-state index is 0. The summed E-state index contributed by atoms with van der Waals surface area (Å²) in [6.07, 6.45) is 3.33. The lowest BCUT2D eigenvalue weighted by Gasteiger charge is -1.99. The molecule has 2 aromatic heterocycles. The van der Waals surface area contributed by atoms with Gasteiger partial charge in [-0.2, -0.15) is 0 Å². The fraction of sp³-hybridized carbons (Fsp3) is 0.368. The Morgan fingerprint density at radius 3 is 1.71 bits per heavy atom. The lowest BCUT2D eigenvalue weighted by Crippen LogP contribution is -1.90. The van der Waals surface area contributed by atoms with E-state index >= 15 is 0 Å². The standard InChI is InChI=1S/C9H11ClN2O.C6H5Cl2N.C3H7NO.CH4/c1-7(2)12-13-6-8-3-4-9(10)11-5-8;7-3-5-1-2-6(8)9-4-5;1-3(2)4-5;/h3-5H,6H2,1-2H3;1-2,4H,3H2;5H,1-2H3;1H4. The molecule has 0 atom stereocenters. The average Bonchev–Trinajstić information content (AvgIpc) is 2.65. The van der Waals surface area contributed by atoms with Crippen LogP contribution in [-0.4, -0.2) is 26.6 Å². The van der Waals surface area contributed by atoms with E-state index in [-0.39, 0.29) is 7.43 Å². The first kappa shape index (κ1) is 28.3. The van der Waals surface area contributed by atoms with Gasteiger partial charge < -0.3 is 10.0 Å². The third-order valence-electron chi connectivity index (χ3n) is 2.41. The average molecular weight is 450 g/mol. The summed E-state index contributed by atoms with van der Waals surface area (Å²) in [7, 11) is 0. The van der Waals surface area contributed by atoms with Crippen LogP contribution < -0.4 is 0 Å². The van der Waals surface area contributed by atoms with Crippen LogP contribution in [0.15, 0.2) is 47.0 Å². The minimum absolute atomic E-state index is 0. The molecule has 0 aliphatic rings. The van der Waals surface area contributed by atoms with E-state index in [4.69, 9.17) is 44.8 Å². The van der Waals surface area contributed by atoms with Crippen LogP contribution in [-0.2, 0) is 17.3 Å². The number of hydrogen-bond acceptors (Lipinski definition) is 6. The van der Waals surface area contributed by atoms with Gasteiger partial charge in [-0.05, 0) is 45.4 Å². The zero-order valence-corrected chi connectivity index (χ0v) is 17.9. The molecule has 0 radical (unpaired) electrons. The number of nitrogens with zero attached hydrogens (tertiary/aromatic N) is 4. The van der Waals surface area contributed by atoms with Crippen LogP contribution in [0.1, 0.15) is 46.2 Å². The molecule has 9 heteroatoms. The Hall–Kier alpha value is -1.89. The van der Waals surface area contributed by atoms with Gasteiger partial charge >= 0.3 is 0 Å². The van der Waals surface area contributed by atoms with Crippen LogP contribution >= 0.6 is 34.8 Å². The first-order valence-corrected chi connectivity index (χ1v) is 9.12. The molecule has 0 spiro atoms. The molecule has 0 aromatic carbocycles. The number of alkyl halides is 1. The third kappa shape index (κ3) is 16.3. The molecule has 6 nitrogen and oxygen atoms in total. The van der Waals surface area contributed by atoms with Crippen LogP contribution in [0.3, 0.4) is 0 Å². The van der Waals surface area contributed by atoms with Crippen molar-refractivity contribution in [3.05, 3.63) is 58.1 Å². The van der Waals surface area contributed by atoms with Crippen molar-refractivity contribution < 1.29 is 10.0 Å². The fourth-order valence-corrected chi connectivity index (χ4v) is 1.59. The molecule has 0 unspecified atom stereocenters. The highest BCUT2D eigenvalue weighted by atomic mass is 35.5. The summed E-state index contributed by atoms with van der Waals surface area (Å²) in [4.78, 5) is 12.8. The van der Waals surface area contributed by atoms with Crippen LogP contribution in [0.2, 0.25) is 10.3 Å². The second kappa shape index (κ2) is 17.2. The van der Waals surface area contributed by atoms with Crippen molar-refractivity contribution >= 4 is 46.2 Å². The van der Waals surface area contributed by atoms with E-state index in [1.54, 1.807) is 38.4 Å². The highest BCUT2D eigenvalue weighted by molar-refractivity contribution is 6.29. The van der Waals surface area contributed by atoms with Crippen molar-refractivity contribution in [3.63, 3.8) is 0 Å². The van der Waals surface area contributed by atoms with Gasteiger partial charge in [-0.1, -0.05) is 53.1 Å². The van der Waals surface area contributed by atoms with Crippen molar-refractivity contribution in [2.45, 2.75) is 47.6 Å². The normalized spacial score (nSPS) is 8.68. The predicted molar refractivity (Wildman–Crippen MR) is 119 cm³/mol. The second-order valence-corrected chi connectivity index (χ2v) is 6.51. The van der Waals surface area contributed by atoms with Crippen molar-refractivity contribution in [1.29, 1.82) is 0 Å². The van der Waals surface area contributed by atoms with Crippen LogP contribution in [0.5, 0.6) is 0 Å². The smallest absolute Gasteiger partial charge is 0.143 e. The van der Waals surface area contributed by atoms with E-state index in [1.807, 2.05) is 26.0 Å². The predicted octanol–water partition coefficient (Wildman–Crippen LogP) is 6.61. The maximum absolute atomic E-state index is 7.73.